The summed E-state index contributed by atoms with van der Waals surface area (Å²) >= 11 is 0. The smallest absolute Gasteiger partial charge is 0.387 e. The Labute approximate surface area is 216 Å². The van der Waals surface area contributed by atoms with Gasteiger partial charge in [0.05, 0.1) is 12.9 Å². The second-order valence-electron chi connectivity index (χ2n) is 8.30. The fourth-order valence-electron chi connectivity index (χ4n) is 3.77. The summed E-state index contributed by atoms with van der Waals surface area (Å²) in [5, 5.41) is 50.1. The van der Waals surface area contributed by atoms with E-state index in [9.17, 15) is 49.2 Å². The van der Waals surface area contributed by atoms with E-state index in [1.165, 1.54) is 0 Å². The lowest BCUT2D eigenvalue weighted by Gasteiger charge is -2.38. The molecule has 0 amide bonds. The van der Waals surface area contributed by atoms with Gasteiger partial charge in [0, 0.05) is 0 Å². The van der Waals surface area contributed by atoms with Crippen LogP contribution >= 0.6 is 15.6 Å². The van der Waals surface area contributed by atoms with Crippen LogP contribution < -0.4 is 11.3 Å². The highest BCUT2D eigenvalue weighted by Gasteiger charge is 2.49. The van der Waals surface area contributed by atoms with Gasteiger partial charge in [-0.05, 0) is 0 Å². The third-order valence-corrected chi connectivity index (χ3v) is 8.24. The lowest BCUT2D eigenvalue weighted by molar-refractivity contribution is -0.262. The normalized spacial score (nSPS) is 36.3. The van der Waals surface area contributed by atoms with E-state index in [2.05, 4.69) is 28.3 Å². The quantitative estimate of drug-likeness (QED) is 0.103. The van der Waals surface area contributed by atoms with Gasteiger partial charge in [-0.25, -0.2) is 14.1 Å². The molecule has 0 aromatic carbocycles. The fraction of sp³-hybridized carbons (Fsp3) is 0.588. The van der Waals surface area contributed by atoms with E-state index in [-0.39, 0.29) is 17.1 Å². The molecule has 39 heavy (non-hydrogen) atoms. The zero-order valence-electron chi connectivity index (χ0n) is 19.3. The van der Waals surface area contributed by atoms with Crippen LogP contribution in [-0.2, 0) is 32.0 Å². The van der Waals surface area contributed by atoms with E-state index in [0.29, 0.717) is 0 Å². The number of hydrogen-bond acceptors (Lipinski definition) is 16. The predicted octanol–water partition coefficient (Wildman–Crippen LogP) is -3.99. The minimum Gasteiger partial charge on any atom is -0.387 e. The van der Waals surface area contributed by atoms with E-state index in [4.69, 9.17) is 21.6 Å². The van der Waals surface area contributed by atoms with Gasteiger partial charge in [0.15, 0.2) is 23.7 Å². The lowest BCUT2D eigenvalue weighted by Crippen LogP contribution is -2.57. The first-order valence-corrected chi connectivity index (χ1v) is 13.7. The van der Waals surface area contributed by atoms with Gasteiger partial charge in [0.2, 0.25) is 5.95 Å². The van der Waals surface area contributed by atoms with Crippen molar-refractivity contribution in [2.75, 3.05) is 12.3 Å². The molecule has 7 unspecified atom stereocenters. The van der Waals surface area contributed by atoms with E-state index >= 15 is 0 Å². The summed E-state index contributed by atoms with van der Waals surface area (Å²) in [7, 11) is -11.1. The number of aromatic nitrogens is 4. The second-order valence-corrected chi connectivity index (χ2v) is 11.3. The van der Waals surface area contributed by atoms with Crippen LogP contribution in [0.5, 0.6) is 0 Å². The summed E-state index contributed by atoms with van der Waals surface area (Å²) in [6.45, 7) is -0.988. The summed E-state index contributed by atoms with van der Waals surface area (Å²) in [6.07, 6.45) is -9.84. The molecule has 0 spiro atoms. The number of nitrogens with zero attached hydrogens (tertiary/aromatic N) is 3. The summed E-state index contributed by atoms with van der Waals surface area (Å²) < 4.78 is 49.2. The topological polar surface area (TPSA) is 311 Å². The molecule has 2 aliphatic heterocycles. The number of hydrogen-bond donors (Lipinski definition) is 9. The van der Waals surface area contributed by atoms with Crippen LogP contribution in [-0.4, -0.2) is 110 Å². The van der Waals surface area contributed by atoms with Crippen molar-refractivity contribution in [3.8, 4) is 12.3 Å². The molecule has 2 aromatic rings. The van der Waals surface area contributed by atoms with Gasteiger partial charge in [0.25, 0.3) is 5.56 Å². The number of nitrogens with two attached hydrogens (primary N) is 1. The number of rotatable bonds is 8. The number of H-pyrrole nitrogens is 1. The Hall–Kier alpha value is -2.31. The Kier molecular flexibility index (Phi) is 8.31. The molecule has 2 fully saturated rings. The molecule has 0 aliphatic carbocycles. The third-order valence-electron chi connectivity index (χ3n) is 5.64. The number of nitrogens with one attached hydrogen (secondary N) is 1. The summed E-state index contributed by atoms with van der Waals surface area (Å²) in [4.78, 5) is 41.7. The average molecular weight is 599 g/mol. The van der Waals surface area contributed by atoms with Crippen molar-refractivity contribution in [1.29, 1.82) is 0 Å². The number of aliphatic hydroxyl groups excluding tert-OH is 5. The Bertz CT molecular complexity index is 1410. The van der Waals surface area contributed by atoms with Crippen molar-refractivity contribution in [1.82, 2.24) is 19.5 Å². The molecule has 0 saturated carbocycles. The molecular weight excluding hydrogens is 576 g/mol. The van der Waals surface area contributed by atoms with Crippen LogP contribution in [0.2, 0.25) is 0 Å². The molecule has 22 heteroatoms. The van der Waals surface area contributed by atoms with E-state index in [1.54, 1.807) is 0 Å². The molecule has 0 radical (unpaired) electrons. The molecule has 10 N–H and O–H groups in total. The first-order chi connectivity index (χ1) is 18.1. The number of aliphatic hydroxyl groups is 5. The molecule has 0 bridgehead atoms. The van der Waals surface area contributed by atoms with Gasteiger partial charge < -0.3 is 50.5 Å². The zero-order valence-corrected chi connectivity index (χ0v) is 21.1. The Morgan fingerprint density at radius 2 is 1.77 bits per heavy atom. The monoisotopic (exact) mass is 599 g/mol. The molecule has 20 nitrogen and oxygen atoms in total. The number of anilines is 1. The molecular formula is C17H23N5O15P2. The molecule has 216 valence electrons. The van der Waals surface area contributed by atoms with Crippen molar-refractivity contribution in [3.63, 3.8) is 0 Å². The Morgan fingerprint density at radius 1 is 1.08 bits per heavy atom. The first-order valence-electron chi connectivity index (χ1n) is 10.7. The van der Waals surface area contributed by atoms with Crippen LogP contribution in [0.3, 0.4) is 0 Å². The maximum Gasteiger partial charge on any atom is 0.483 e. The minimum absolute atomic E-state index is 0.111. The molecule has 2 aromatic heterocycles. The third kappa shape index (κ3) is 6.07. The van der Waals surface area contributed by atoms with E-state index < -0.39 is 83.1 Å². The predicted molar refractivity (Wildman–Crippen MR) is 122 cm³/mol. The van der Waals surface area contributed by atoms with Gasteiger partial charge in [-0.1, -0.05) is 5.92 Å². The molecule has 11 atom stereocenters. The summed E-state index contributed by atoms with van der Waals surface area (Å²) in [5.41, 5.74) is 4.56. The van der Waals surface area contributed by atoms with E-state index in [0.717, 1.165) is 10.9 Å². The lowest BCUT2D eigenvalue weighted by atomic mass is 10.00. The Morgan fingerprint density at radius 3 is 2.44 bits per heavy atom. The number of phosphoric acid groups is 2. The summed E-state index contributed by atoms with van der Waals surface area (Å²) in [6, 6.07) is 0. The van der Waals surface area contributed by atoms with Crippen molar-refractivity contribution in [3.05, 3.63) is 16.7 Å². The average Bonchev–Trinajstić information content (AvgIpc) is 3.38. The highest BCUT2D eigenvalue weighted by atomic mass is 31.3. The van der Waals surface area contributed by atoms with Crippen molar-refractivity contribution >= 4 is 32.8 Å². The number of phosphoric ester groups is 2. The van der Waals surface area contributed by atoms with Crippen LogP contribution in [0.15, 0.2) is 11.1 Å². The maximum atomic E-state index is 12.3. The standard InChI is InChI=1S/C17H23N5O15P2/c1-2-5-8(23)10(25)12(27)16(35-5)36-39(31,32)37-38(29,30)33-3-6-9(24)11(26)15(34-6)22-4-19-7-13(22)20-17(18)21-14(7)28/h1,4-6,8-12,15-16,23-27H,3H2,(H,29,30)(H,31,32)(H3,18,20,21,28)/t5?,6-,8-,9?,10?,11?,12?,15-,16-/m1/s1. The molecule has 2 aliphatic rings. The van der Waals surface area contributed by atoms with Crippen LogP contribution in [0, 0.1) is 12.3 Å². The SMILES string of the molecule is C#CC1O[C@H](OP(=O)(O)OP(=O)(O)OC[C@H]2O[C@@H](n3cnc4c(=O)[nH]c(N)nc43)C(O)C2O)C(O)C(O)[C@@H]1O. The molecule has 4 rings (SSSR count). The maximum absolute atomic E-state index is 12.3. The second kappa shape index (κ2) is 10.9. The largest absolute Gasteiger partial charge is 0.483 e. The zero-order chi connectivity index (χ0) is 28.9. The number of terminal acetylenes is 1. The van der Waals surface area contributed by atoms with Crippen molar-refractivity contribution < 1.29 is 67.3 Å². The van der Waals surface area contributed by atoms with Crippen molar-refractivity contribution in [2.24, 2.45) is 0 Å². The van der Waals surface area contributed by atoms with Crippen LogP contribution in [0.4, 0.5) is 5.95 Å². The van der Waals surface area contributed by atoms with Gasteiger partial charge in [-0.3, -0.25) is 23.4 Å². The number of aromatic amines is 1. The summed E-state index contributed by atoms with van der Waals surface area (Å²) in [5.74, 6) is 1.63. The van der Waals surface area contributed by atoms with Gasteiger partial charge in [-0.2, -0.15) is 9.29 Å². The first kappa shape index (κ1) is 29.7. The van der Waals surface area contributed by atoms with Crippen LogP contribution in [0.25, 0.3) is 11.2 Å². The van der Waals surface area contributed by atoms with E-state index in [1.807, 2.05) is 5.92 Å². The highest BCUT2D eigenvalue weighted by Crippen LogP contribution is 2.61. The number of ether oxygens (including phenoxy) is 2. The fourth-order valence-corrected chi connectivity index (χ4v) is 5.93. The van der Waals surface area contributed by atoms with Gasteiger partial charge in [0.1, 0.15) is 42.7 Å². The Balaban J connectivity index is 1.40. The number of fused-ring (bicyclic) bond motifs is 1. The molecule has 4 heterocycles. The number of nitrogen functional groups attached to an aromatic ring is 1. The molecule has 2 saturated heterocycles. The highest BCUT2D eigenvalue weighted by molar-refractivity contribution is 7.61. The van der Waals surface area contributed by atoms with Gasteiger partial charge in [-0.15, -0.1) is 6.42 Å². The van der Waals surface area contributed by atoms with Crippen molar-refractivity contribution in [2.45, 2.75) is 55.2 Å². The minimum atomic E-state index is -5.58. The van der Waals surface area contributed by atoms with Crippen LogP contribution in [0.1, 0.15) is 6.23 Å². The number of imidazole rings is 1. The van der Waals surface area contributed by atoms with Gasteiger partial charge >= 0.3 is 15.6 Å².